The van der Waals surface area contributed by atoms with Crippen molar-refractivity contribution in [2.24, 2.45) is 0 Å². The number of rotatable bonds is 10. The zero-order valence-corrected chi connectivity index (χ0v) is 16.0. The summed E-state index contributed by atoms with van der Waals surface area (Å²) in [5.74, 6) is 0. The van der Waals surface area contributed by atoms with Crippen LogP contribution in [0.1, 0.15) is 70.9 Å². The van der Waals surface area contributed by atoms with Gasteiger partial charge in [0.05, 0.1) is 4.75 Å². The van der Waals surface area contributed by atoms with Crippen LogP contribution in [0.2, 0.25) is 0 Å². The van der Waals surface area contributed by atoms with E-state index in [0.717, 1.165) is 25.7 Å². The molecule has 4 heteroatoms. The van der Waals surface area contributed by atoms with Crippen molar-refractivity contribution in [3.05, 3.63) is 35.4 Å². The lowest BCUT2D eigenvalue weighted by molar-refractivity contribution is 0.540. The van der Waals surface area contributed by atoms with Gasteiger partial charge in [0, 0.05) is 6.54 Å². The van der Waals surface area contributed by atoms with Gasteiger partial charge in [-0.1, -0.05) is 44.0 Å². The topological polar surface area (TPSA) is 46.2 Å². The Morgan fingerprint density at radius 1 is 0.870 bits per heavy atom. The van der Waals surface area contributed by atoms with Crippen LogP contribution < -0.4 is 4.72 Å². The normalized spacial score (nSPS) is 12.5. The first kappa shape index (κ1) is 20.2. The van der Waals surface area contributed by atoms with Crippen molar-refractivity contribution in [3.8, 4) is 0 Å². The van der Waals surface area contributed by atoms with Gasteiger partial charge in [0.2, 0.25) is 10.0 Å². The molecule has 0 aromatic heterocycles. The van der Waals surface area contributed by atoms with Crippen LogP contribution in [0.4, 0.5) is 0 Å². The van der Waals surface area contributed by atoms with Gasteiger partial charge in [-0.2, -0.15) is 0 Å². The van der Waals surface area contributed by atoms with E-state index in [4.69, 9.17) is 0 Å². The van der Waals surface area contributed by atoms with Crippen LogP contribution in [0.3, 0.4) is 0 Å². The van der Waals surface area contributed by atoms with Crippen molar-refractivity contribution in [2.45, 2.75) is 77.4 Å². The maximum atomic E-state index is 11.9. The summed E-state index contributed by atoms with van der Waals surface area (Å²) in [5, 5.41) is 0. The number of unbranched alkanes of at least 4 members (excludes halogenated alkanes) is 3. The molecule has 0 heterocycles. The van der Waals surface area contributed by atoms with Crippen LogP contribution in [0.5, 0.6) is 0 Å². The highest BCUT2D eigenvalue weighted by Crippen LogP contribution is 2.14. The van der Waals surface area contributed by atoms with Crippen LogP contribution >= 0.6 is 0 Å². The second-order valence-corrected chi connectivity index (χ2v) is 9.76. The Morgan fingerprint density at radius 3 is 1.87 bits per heavy atom. The van der Waals surface area contributed by atoms with Gasteiger partial charge in [0.25, 0.3) is 0 Å². The van der Waals surface area contributed by atoms with Crippen molar-refractivity contribution >= 4 is 10.0 Å². The van der Waals surface area contributed by atoms with E-state index in [-0.39, 0.29) is 0 Å². The molecule has 1 rings (SSSR count). The minimum Gasteiger partial charge on any atom is -0.215 e. The molecule has 0 aliphatic rings. The van der Waals surface area contributed by atoms with Gasteiger partial charge in [0.1, 0.15) is 0 Å². The largest absolute Gasteiger partial charge is 0.216 e. The Kier molecular flexibility index (Phi) is 8.27. The van der Waals surface area contributed by atoms with Crippen molar-refractivity contribution in [3.63, 3.8) is 0 Å². The van der Waals surface area contributed by atoms with E-state index < -0.39 is 14.8 Å². The van der Waals surface area contributed by atoms with Crippen LogP contribution in [0.25, 0.3) is 0 Å². The Morgan fingerprint density at radius 2 is 1.39 bits per heavy atom. The van der Waals surface area contributed by atoms with Gasteiger partial charge >= 0.3 is 0 Å². The minimum absolute atomic E-state index is 0.537. The summed E-state index contributed by atoms with van der Waals surface area (Å²) in [4.78, 5) is 0. The molecule has 0 spiro atoms. The van der Waals surface area contributed by atoms with Crippen molar-refractivity contribution < 1.29 is 8.42 Å². The lowest BCUT2D eigenvalue weighted by atomic mass is 10.0. The highest BCUT2D eigenvalue weighted by atomic mass is 32.2. The van der Waals surface area contributed by atoms with E-state index in [1.807, 2.05) is 0 Å². The maximum Gasteiger partial charge on any atom is 0.216 e. The van der Waals surface area contributed by atoms with E-state index in [1.54, 1.807) is 20.8 Å². The van der Waals surface area contributed by atoms with Crippen molar-refractivity contribution in [2.75, 3.05) is 6.54 Å². The molecule has 0 aliphatic heterocycles. The number of benzene rings is 1. The molecule has 0 unspecified atom stereocenters. The molecule has 23 heavy (non-hydrogen) atoms. The predicted molar refractivity (Wildman–Crippen MR) is 99.3 cm³/mol. The predicted octanol–water partition coefficient (Wildman–Crippen LogP) is 4.46. The van der Waals surface area contributed by atoms with Crippen molar-refractivity contribution in [1.82, 2.24) is 4.72 Å². The monoisotopic (exact) mass is 339 g/mol. The van der Waals surface area contributed by atoms with Gasteiger partial charge < -0.3 is 0 Å². The second-order valence-electron chi connectivity index (χ2n) is 7.24. The Balaban J connectivity index is 2.20. The summed E-state index contributed by atoms with van der Waals surface area (Å²) in [6.07, 6.45) is 7.77. The summed E-state index contributed by atoms with van der Waals surface area (Å²) in [6.45, 7) is 7.92. The first-order valence-corrected chi connectivity index (χ1v) is 10.3. The summed E-state index contributed by atoms with van der Waals surface area (Å²) < 4.78 is 25.8. The molecular weight excluding hydrogens is 306 g/mol. The van der Waals surface area contributed by atoms with E-state index in [2.05, 4.69) is 35.9 Å². The third-order valence-electron chi connectivity index (χ3n) is 4.08. The Hall–Kier alpha value is -0.870. The molecular formula is C19H33NO2S. The molecule has 0 saturated heterocycles. The number of sulfonamides is 1. The second kappa shape index (κ2) is 9.43. The smallest absolute Gasteiger partial charge is 0.215 e. The maximum absolute atomic E-state index is 11.9. The molecule has 0 fully saturated rings. The summed E-state index contributed by atoms with van der Waals surface area (Å²) in [6, 6.07) is 8.94. The SMILES string of the molecule is CCCCc1ccc(CCCCCNS(=O)(=O)C(C)(C)C)cc1. The van der Waals surface area contributed by atoms with Crippen LogP contribution in [0.15, 0.2) is 24.3 Å². The first-order valence-electron chi connectivity index (χ1n) is 8.83. The minimum atomic E-state index is -3.20. The Bertz CT molecular complexity index is 542. The van der Waals surface area contributed by atoms with Crippen molar-refractivity contribution in [1.29, 1.82) is 0 Å². The fraction of sp³-hybridized carbons (Fsp3) is 0.684. The number of aryl methyl sites for hydroxylation is 2. The standard InChI is InChI=1S/C19H33NO2S/c1-5-6-10-17-12-14-18(15-13-17)11-8-7-9-16-20-23(21,22)19(2,3)4/h12-15,20H,5-11,16H2,1-4H3. The molecule has 0 radical (unpaired) electrons. The third kappa shape index (κ3) is 7.49. The quantitative estimate of drug-likeness (QED) is 0.640. The molecule has 1 aromatic rings. The van der Waals surface area contributed by atoms with Gasteiger partial charge in [-0.3, -0.25) is 0 Å². The van der Waals surface area contributed by atoms with Gasteiger partial charge in [0.15, 0.2) is 0 Å². The van der Waals surface area contributed by atoms with Gasteiger partial charge in [-0.05, 0) is 64.0 Å². The van der Waals surface area contributed by atoms with E-state index in [9.17, 15) is 8.42 Å². The fourth-order valence-corrected chi connectivity index (χ4v) is 3.15. The average Bonchev–Trinajstić information content (AvgIpc) is 2.48. The van der Waals surface area contributed by atoms with Crippen LogP contribution in [-0.2, 0) is 22.9 Å². The summed E-state index contributed by atoms with van der Waals surface area (Å²) >= 11 is 0. The van der Waals surface area contributed by atoms with Gasteiger partial charge in [-0.25, -0.2) is 13.1 Å². The first-order chi connectivity index (χ1) is 10.8. The number of hydrogen-bond acceptors (Lipinski definition) is 2. The molecule has 3 nitrogen and oxygen atoms in total. The van der Waals surface area contributed by atoms with E-state index in [0.29, 0.717) is 6.54 Å². The highest BCUT2D eigenvalue weighted by molar-refractivity contribution is 7.90. The van der Waals surface area contributed by atoms with E-state index in [1.165, 1.54) is 30.4 Å². The number of hydrogen-bond donors (Lipinski definition) is 1. The molecule has 0 bridgehead atoms. The summed E-state index contributed by atoms with van der Waals surface area (Å²) in [5.41, 5.74) is 2.80. The molecule has 132 valence electrons. The lowest BCUT2D eigenvalue weighted by Crippen LogP contribution is -2.39. The fourth-order valence-electron chi connectivity index (χ4n) is 2.31. The van der Waals surface area contributed by atoms with Crippen LogP contribution in [0, 0.1) is 0 Å². The lowest BCUT2D eigenvalue weighted by Gasteiger charge is -2.19. The van der Waals surface area contributed by atoms with Gasteiger partial charge in [-0.15, -0.1) is 0 Å². The van der Waals surface area contributed by atoms with Crippen LogP contribution in [-0.4, -0.2) is 19.7 Å². The average molecular weight is 340 g/mol. The number of nitrogens with one attached hydrogen (secondary N) is 1. The molecule has 1 aromatic carbocycles. The molecule has 0 atom stereocenters. The Labute approximate surface area is 142 Å². The summed E-state index contributed by atoms with van der Waals surface area (Å²) in [7, 11) is -3.20. The van der Waals surface area contributed by atoms with E-state index >= 15 is 0 Å². The zero-order valence-electron chi connectivity index (χ0n) is 15.2. The highest BCUT2D eigenvalue weighted by Gasteiger charge is 2.27. The third-order valence-corrected chi connectivity index (χ3v) is 6.28. The zero-order chi connectivity index (χ0) is 17.3. The molecule has 0 amide bonds. The molecule has 1 N–H and O–H groups in total. The molecule has 0 aliphatic carbocycles. The molecule has 0 saturated carbocycles.